The Morgan fingerprint density at radius 3 is 2.81 bits per heavy atom. The average Bonchev–Trinajstić information content (AvgIpc) is 3.19. The van der Waals surface area contributed by atoms with Gasteiger partial charge in [-0.15, -0.1) is 0 Å². The van der Waals surface area contributed by atoms with Crippen LogP contribution in [0.5, 0.6) is 0 Å². The fraction of sp³-hybridized carbons (Fsp3) is 0.524. The van der Waals surface area contributed by atoms with Gasteiger partial charge in [0, 0.05) is 25.0 Å². The molecule has 27 heavy (non-hydrogen) atoms. The molecule has 1 aliphatic carbocycles. The third-order valence-electron chi connectivity index (χ3n) is 6.28. The molecule has 1 amide bonds. The van der Waals surface area contributed by atoms with Crippen LogP contribution in [0, 0.1) is 5.41 Å². The molecule has 2 aliphatic rings. The lowest BCUT2D eigenvalue weighted by atomic mass is 9.93. The van der Waals surface area contributed by atoms with E-state index >= 15 is 0 Å². The van der Waals surface area contributed by atoms with Gasteiger partial charge in [-0.2, -0.15) is 0 Å². The van der Waals surface area contributed by atoms with Crippen molar-refractivity contribution in [1.82, 2.24) is 19.8 Å². The average molecular weight is 367 g/mol. The third kappa shape index (κ3) is 3.51. The zero-order chi connectivity index (χ0) is 18.9. The van der Waals surface area contributed by atoms with Crippen molar-refractivity contribution in [1.29, 1.82) is 0 Å². The van der Waals surface area contributed by atoms with Crippen LogP contribution in [0.2, 0.25) is 0 Å². The summed E-state index contributed by atoms with van der Waals surface area (Å²) >= 11 is 0. The molecule has 2 fully saturated rings. The first-order chi connectivity index (χ1) is 13.1. The van der Waals surface area contributed by atoms with Crippen molar-refractivity contribution in [2.45, 2.75) is 51.4 Å². The minimum atomic E-state index is -0.629. The van der Waals surface area contributed by atoms with E-state index in [0.717, 1.165) is 50.3 Å². The van der Waals surface area contributed by atoms with E-state index in [1.807, 2.05) is 47.6 Å². The number of imidazole rings is 1. The van der Waals surface area contributed by atoms with Gasteiger partial charge in [0.1, 0.15) is 11.9 Å². The van der Waals surface area contributed by atoms with Gasteiger partial charge < -0.3 is 20.5 Å². The van der Waals surface area contributed by atoms with Crippen molar-refractivity contribution in [3.8, 4) is 0 Å². The Kier molecular flexibility index (Phi) is 5.02. The molecule has 1 saturated heterocycles. The minimum Gasteiger partial charge on any atom is -0.334 e. The summed E-state index contributed by atoms with van der Waals surface area (Å²) in [5.41, 5.74) is 7.52. The molecule has 0 unspecified atom stereocenters. The SMILES string of the molecule is CCn1ccnc1CN(C(=O)[C@H](N)c1ccccc1)[C@@H]1CC12CCNCC2. The van der Waals surface area contributed by atoms with Crippen molar-refractivity contribution >= 4 is 5.91 Å². The van der Waals surface area contributed by atoms with Gasteiger partial charge in [-0.3, -0.25) is 4.79 Å². The molecule has 0 bridgehead atoms. The van der Waals surface area contributed by atoms with Gasteiger partial charge in [-0.25, -0.2) is 4.98 Å². The number of benzene rings is 1. The molecule has 3 N–H and O–H groups in total. The summed E-state index contributed by atoms with van der Waals surface area (Å²) in [7, 11) is 0. The van der Waals surface area contributed by atoms with Crippen LogP contribution >= 0.6 is 0 Å². The number of nitrogens with two attached hydrogens (primary N) is 1. The van der Waals surface area contributed by atoms with Crippen LogP contribution in [0.1, 0.15) is 43.6 Å². The second-order valence-electron chi connectivity index (χ2n) is 7.82. The van der Waals surface area contributed by atoms with Gasteiger partial charge in [-0.05, 0) is 50.3 Å². The molecule has 1 aliphatic heterocycles. The van der Waals surface area contributed by atoms with E-state index in [1.165, 1.54) is 0 Å². The number of piperidine rings is 1. The highest BCUT2D eigenvalue weighted by Crippen LogP contribution is 2.56. The molecule has 1 aromatic heterocycles. The molecule has 2 atom stereocenters. The van der Waals surface area contributed by atoms with Crippen LogP contribution in [-0.4, -0.2) is 39.5 Å². The quantitative estimate of drug-likeness (QED) is 0.820. The van der Waals surface area contributed by atoms with Crippen LogP contribution < -0.4 is 11.1 Å². The van der Waals surface area contributed by atoms with Gasteiger partial charge in [0.05, 0.1) is 6.54 Å². The predicted molar refractivity (Wildman–Crippen MR) is 105 cm³/mol. The number of hydrogen-bond donors (Lipinski definition) is 2. The van der Waals surface area contributed by atoms with Crippen molar-refractivity contribution < 1.29 is 4.79 Å². The van der Waals surface area contributed by atoms with Crippen LogP contribution in [0.25, 0.3) is 0 Å². The molecule has 1 aromatic carbocycles. The number of nitrogens with zero attached hydrogens (tertiary/aromatic N) is 3. The van der Waals surface area contributed by atoms with E-state index in [0.29, 0.717) is 6.54 Å². The van der Waals surface area contributed by atoms with Gasteiger partial charge in [-0.1, -0.05) is 30.3 Å². The van der Waals surface area contributed by atoms with E-state index in [4.69, 9.17) is 5.73 Å². The summed E-state index contributed by atoms with van der Waals surface area (Å²) in [4.78, 5) is 19.9. The largest absolute Gasteiger partial charge is 0.334 e. The van der Waals surface area contributed by atoms with Crippen molar-refractivity contribution in [3.63, 3.8) is 0 Å². The van der Waals surface area contributed by atoms with Crippen LogP contribution in [0.15, 0.2) is 42.7 Å². The number of amides is 1. The summed E-state index contributed by atoms with van der Waals surface area (Å²) in [6.07, 6.45) is 7.12. The number of hydrogen-bond acceptors (Lipinski definition) is 4. The summed E-state index contributed by atoms with van der Waals surface area (Å²) in [5, 5.41) is 3.44. The van der Waals surface area contributed by atoms with Crippen LogP contribution in [-0.2, 0) is 17.9 Å². The summed E-state index contributed by atoms with van der Waals surface area (Å²) in [6.45, 7) is 5.54. The zero-order valence-electron chi connectivity index (χ0n) is 16.0. The van der Waals surface area contributed by atoms with Gasteiger partial charge in [0.25, 0.3) is 0 Å². The first kappa shape index (κ1) is 18.2. The van der Waals surface area contributed by atoms with Gasteiger partial charge in [0.15, 0.2) is 0 Å². The molecule has 2 heterocycles. The standard InChI is InChI=1S/C21H29N5O/c1-2-25-13-12-24-18(25)15-26(17-14-21(17)8-10-23-11-9-21)20(27)19(22)16-6-4-3-5-7-16/h3-7,12-13,17,19,23H,2,8-11,14-15,22H2,1H3/t17-,19-/m1/s1. The first-order valence-electron chi connectivity index (χ1n) is 9.96. The minimum absolute atomic E-state index is 0.00672. The maximum atomic E-state index is 13.4. The Morgan fingerprint density at radius 2 is 2.11 bits per heavy atom. The fourth-order valence-electron chi connectivity index (χ4n) is 4.48. The lowest BCUT2D eigenvalue weighted by molar-refractivity contribution is -0.134. The molecule has 2 aromatic rings. The second-order valence-corrected chi connectivity index (χ2v) is 7.82. The Hall–Kier alpha value is -2.18. The number of carbonyl (C=O) groups is 1. The van der Waals surface area contributed by atoms with Crippen molar-refractivity contribution in [2.75, 3.05) is 13.1 Å². The van der Waals surface area contributed by atoms with Crippen molar-refractivity contribution in [3.05, 3.63) is 54.1 Å². The van der Waals surface area contributed by atoms with Crippen molar-refractivity contribution in [2.24, 2.45) is 11.1 Å². The smallest absolute Gasteiger partial charge is 0.244 e. The summed E-state index contributed by atoms with van der Waals surface area (Å²) < 4.78 is 2.10. The molecule has 0 radical (unpaired) electrons. The molecule has 144 valence electrons. The van der Waals surface area contributed by atoms with E-state index in [9.17, 15) is 4.79 Å². The second kappa shape index (κ2) is 7.44. The lowest BCUT2D eigenvalue weighted by Gasteiger charge is -2.31. The number of aromatic nitrogens is 2. The zero-order valence-corrected chi connectivity index (χ0v) is 16.0. The molecule has 1 spiro atoms. The Bertz CT molecular complexity index is 781. The maximum absolute atomic E-state index is 13.4. The van der Waals surface area contributed by atoms with E-state index < -0.39 is 6.04 Å². The highest BCUT2D eigenvalue weighted by atomic mass is 16.2. The number of nitrogens with one attached hydrogen (secondary N) is 1. The van der Waals surface area contributed by atoms with Gasteiger partial charge in [0.2, 0.25) is 5.91 Å². The number of rotatable bonds is 6. The maximum Gasteiger partial charge on any atom is 0.244 e. The van der Waals surface area contributed by atoms with Gasteiger partial charge >= 0.3 is 0 Å². The summed E-state index contributed by atoms with van der Waals surface area (Å²) in [5.74, 6) is 0.939. The highest BCUT2D eigenvalue weighted by Gasteiger charge is 2.58. The predicted octanol–water partition coefficient (Wildman–Crippen LogP) is 2.07. The monoisotopic (exact) mass is 367 g/mol. The lowest BCUT2D eigenvalue weighted by Crippen LogP contribution is -2.43. The fourth-order valence-corrected chi connectivity index (χ4v) is 4.48. The Balaban J connectivity index is 1.59. The summed E-state index contributed by atoms with van der Waals surface area (Å²) in [6, 6.07) is 9.31. The first-order valence-corrected chi connectivity index (χ1v) is 9.96. The molecule has 6 heteroatoms. The van der Waals surface area contributed by atoms with Crippen LogP contribution in [0.3, 0.4) is 0 Å². The Labute approximate surface area is 160 Å². The highest BCUT2D eigenvalue weighted by molar-refractivity contribution is 5.83. The molecule has 1 saturated carbocycles. The molecular formula is C21H29N5O. The third-order valence-corrected chi connectivity index (χ3v) is 6.28. The van der Waals surface area contributed by atoms with E-state index in [-0.39, 0.29) is 17.4 Å². The molecule has 6 nitrogen and oxygen atoms in total. The Morgan fingerprint density at radius 1 is 1.37 bits per heavy atom. The normalized spacial score (nSPS) is 21.8. The molecular weight excluding hydrogens is 338 g/mol. The van der Waals surface area contributed by atoms with E-state index in [1.54, 1.807) is 0 Å². The number of aryl methyl sites for hydroxylation is 1. The topological polar surface area (TPSA) is 76.2 Å². The van der Waals surface area contributed by atoms with Crippen LogP contribution in [0.4, 0.5) is 0 Å². The molecule has 4 rings (SSSR count). The van der Waals surface area contributed by atoms with E-state index in [2.05, 4.69) is 21.8 Å². The number of carbonyl (C=O) groups excluding carboxylic acids is 1.